The third-order valence-electron chi connectivity index (χ3n) is 1.25. The maximum Gasteiger partial charge on any atom is 0.412 e. The van der Waals surface area contributed by atoms with Crippen molar-refractivity contribution in [3.05, 3.63) is 24.3 Å². The van der Waals surface area contributed by atoms with Crippen LogP contribution in [-0.4, -0.2) is 18.2 Å². The van der Waals surface area contributed by atoms with Crippen LogP contribution in [0.4, 0.5) is 4.79 Å². The van der Waals surface area contributed by atoms with E-state index in [9.17, 15) is 4.79 Å². The number of nitrogens with one attached hydrogen (secondary N) is 1. The zero-order valence-electron chi connectivity index (χ0n) is 6.57. The molecule has 0 radical (unpaired) electrons. The molecule has 0 unspecified atom stereocenters. The van der Waals surface area contributed by atoms with E-state index in [0.717, 1.165) is 0 Å². The van der Waals surface area contributed by atoms with Crippen molar-refractivity contribution in [2.75, 3.05) is 7.05 Å². The van der Waals surface area contributed by atoms with Gasteiger partial charge in [0, 0.05) is 7.05 Å². The van der Waals surface area contributed by atoms with E-state index >= 15 is 0 Å². The average Bonchev–Trinajstić information content (AvgIpc) is 2.09. The maximum atomic E-state index is 10.7. The van der Waals surface area contributed by atoms with Gasteiger partial charge in [0.25, 0.3) is 0 Å². The summed E-state index contributed by atoms with van der Waals surface area (Å²) in [5.74, 6) is 0.534. The van der Waals surface area contributed by atoms with Crippen molar-refractivity contribution in [2.24, 2.45) is 0 Å². The summed E-state index contributed by atoms with van der Waals surface area (Å²) in [6.07, 6.45) is -0.527. The first-order chi connectivity index (χ1) is 5.72. The van der Waals surface area contributed by atoms with Crippen molar-refractivity contribution in [1.82, 2.24) is 5.32 Å². The van der Waals surface area contributed by atoms with Gasteiger partial charge in [-0.25, -0.2) is 4.79 Å². The van der Waals surface area contributed by atoms with Gasteiger partial charge in [0.2, 0.25) is 0 Å². The SMILES string of the molecule is CNC(=O)Oc1ccc(O)cc1. The number of carbonyl (C=O) groups excluding carboxylic acids is 1. The molecule has 64 valence electrons. The van der Waals surface area contributed by atoms with E-state index in [1.807, 2.05) is 0 Å². The number of carbonyl (C=O) groups is 1. The molecule has 1 aromatic carbocycles. The minimum atomic E-state index is -0.527. The third kappa shape index (κ3) is 2.16. The van der Waals surface area contributed by atoms with Crippen LogP contribution in [0.2, 0.25) is 0 Å². The Morgan fingerprint density at radius 2 is 2.00 bits per heavy atom. The molecule has 1 amide bonds. The first-order valence-electron chi connectivity index (χ1n) is 3.41. The highest BCUT2D eigenvalue weighted by molar-refractivity contribution is 5.69. The van der Waals surface area contributed by atoms with Crippen molar-refractivity contribution in [2.45, 2.75) is 0 Å². The number of phenolic OH excluding ortho intramolecular Hbond substituents is 1. The Morgan fingerprint density at radius 3 is 2.50 bits per heavy atom. The highest BCUT2D eigenvalue weighted by atomic mass is 16.5. The number of hydrogen-bond donors (Lipinski definition) is 2. The Balaban J connectivity index is 2.64. The molecule has 4 heteroatoms. The second kappa shape index (κ2) is 3.61. The lowest BCUT2D eigenvalue weighted by atomic mass is 10.3. The summed E-state index contributed by atoms with van der Waals surface area (Å²) in [5.41, 5.74) is 0. The molecule has 1 rings (SSSR count). The van der Waals surface area contributed by atoms with Gasteiger partial charge in [0.05, 0.1) is 0 Å². The van der Waals surface area contributed by atoms with Gasteiger partial charge in [-0.15, -0.1) is 0 Å². The molecule has 4 nitrogen and oxygen atoms in total. The van der Waals surface area contributed by atoms with E-state index < -0.39 is 6.09 Å². The van der Waals surface area contributed by atoms with E-state index in [0.29, 0.717) is 5.75 Å². The predicted octanol–water partition coefficient (Wildman–Crippen LogP) is 1.11. The zero-order valence-corrected chi connectivity index (χ0v) is 6.57. The van der Waals surface area contributed by atoms with Gasteiger partial charge in [0.1, 0.15) is 11.5 Å². The molecule has 0 heterocycles. The summed E-state index contributed by atoms with van der Waals surface area (Å²) in [5, 5.41) is 11.2. The predicted molar refractivity (Wildman–Crippen MR) is 43.2 cm³/mol. The Bertz CT molecular complexity index is 268. The lowest BCUT2D eigenvalue weighted by Gasteiger charge is -2.01. The molecule has 0 aliphatic heterocycles. The summed E-state index contributed by atoms with van der Waals surface area (Å²) in [6, 6.07) is 5.89. The Hall–Kier alpha value is -1.71. The van der Waals surface area contributed by atoms with Crippen LogP contribution in [0, 0.1) is 0 Å². The molecule has 0 saturated carbocycles. The molecular formula is C8H9NO3. The molecule has 0 fully saturated rings. The summed E-state index contributed by atoms with van der Waals surface area (Å²) >= 11 is 0. The van der Waals surface area contributed by atoms with Crippen LogP contribution in [0.3, 0.4) is 0 Å². The highest BCUT2D eigenvalue weighted by Gasteiger charge is 1.99. The molecule has 0 aliphatic rings. The number of rotatable bonds is 1. The molecular weight excluding hydrogens is 158 g/mol. The van der Waals surface area contributed by atoms with Crippen molar-refractivity contribution in [3.63, 3.8) is 0 Å². The van der Waals surface area contributed by atoms with E-state index in [4.69, 9.17) is 9.84 Å². The van der Waals surface area contributed by atoms with E-state index in [-0.39, 0.29) is 5.75 Å². The van der Waals surface area contributed by atoms with Crippen molar-refractivity contribution >= 4 is 6.09 Å². The van der Waals surface area contributed by atoms with Gasteiger partial charge >= 0.3 is 6.09 Å². The molecule has 1 aromatic rings. The molecule has 0 aromatic heterocycles. The third-order valence-corrected chi connectivity index (χ3v) is 1.25. The van der Waals surface area contributed by atoms with Gasteiger partial charge in [-0.2, -0.15) is 0 Å². The number of phenols is 1. The zero-order chi connectivity index (χ0) is 8.97. The summed E-state index contributed by atoms with van der Waals surface area (Å²) in [7, 11) is 1.47. The minimum absolute atomic E-state index is 0.138. The van der Waals surface area contributed by atoms with Gasteiger partial charge in [-0.1, -0.05) is 0 Å². The van der Waals surface area contributed by atoms with Gasteiger partial charge in [-0.05, 0) is 24.3 Å². The summed E-state index contributed by atoms with van der Waals surface area (Å²) in [6.45, 7) is 0. The largest absolute Gasteiger partial charge is 0.508 e. The summed E-state index contributed by atoms with van der Waals surface area (Å²) in [4.78, 5) is 10.7. The molecule has 0 atom stereocenters. The van der Waals surface area contributed by atoms with Crippen LogP contribution in [0.1, 0.15) is 0 Å². The smallest absolute Gasteiger partial charge is 0.412 e. The lowest BCUT2D eigenvalue weighted by molar-refractivity contribution is 0.203. The minimum Gasteiger partial charge on any atom is -0.508 e. The van der Waals surface area contributed by atoms with Crippen LogP contribution in [-0.2, 0) is 0 Å². The molecule has 12 heavy (non-hydrogen) atoms. The topological polar surface area (TPSA) is 58.6 Å². The van der Waals surface area contributed by atoms with Crippen molar-refractivity contribution in [3.8, 4) is 11.5 Å². The van der Waals surface area contributed by atoms with Gasteiger partial charge in [0.15, 0.2) is 0 Å². The lowest BCUT2D eigenvalue weighted by Crippen LogP contribution is -2.21. The number of aromatic hydroxyl groups is 1. The van der Waals surface area contributed by atoms with Gasteiger partial charge < -0.3 is 15.2 Å². The highest BCUT2D eigenvalue weighted by Crippen LogP contribution is 2.15. The standard InChI is InChI=1S/C8H9NO3/c1-9-8(11)12-7-4-2-6(10)3-5-7/h2-5,10H,1H3,(H,9,11). The van der Waals surface area contributed by atoms with E-state index in [2.05, 4.69) is 5.32 Å². The first kappa shape index (κ1) is 8.39. The maximum absolute atomic E-state index is 10.7. The average molecular weight is 167 g/mol. The Labute approximate surface area is 69.8 Å². The van der Waals surface area contributed by atoms with Crippen LogP contribution in [0.15, 0.2) is 24.3 Å². The van der Waals surface area contributed by atoms with Crippen LogP contribution in [0.5, 0.6) is 11.5 Å². The molecule has 0 spiro atoms. The van der Waals surface area contributed by atoms with Gasteiger partial charge in [-0.3, -0.25) is 0 Å². The summed E-state index contributed by atoms with van der Waals surface area (Å²) < 4.78 is 4.76. The number of ether oxygens (including phenoxy) is 1. The van der Waals surface area contributed by atoms with E-state index in [1.165, 1.54) is 31.3 Å². The Kier molecular flexibility index (Phi) is 2.53. The fourth-order valence-corrected chi connectivity index (χ4v) is 0.672. The molecule has 2 N–H and O–H groups in total. The van der Waals surface area contributed by atoms with Crippen molar-refractivity contribution < 1.29 is 14.6 Å². The molecule has 0 saturated heterocycles. The van der Waals surface area contributed by atoms with Crippen LogP contribution >= 0.6 is 0 Å². The van der Waals surface area contributed by atoms with Crippen LogP contribution < -0.4 is 10.1 Å². The number of hydrogen-bond acceptors (Lipinski definition) is 3. The van der Waals surface area contributed by atoms with Crippen LogP contribution in [0.25, 0.3) is 0 Å². The molecule has 0 bridgehead atoms. The second-order valence-corrected chi connectivity index (χ2v) is 2.13. The number of amides is 1. The number of benzene rings is 1. The monoisotopic (exact) mass is 167 g/mol. The fraction of sp³-hybridized carbons (Fsp3) is 0.125. The first-order valence-corrected chi connectivity index (χ1v) is 3.41. The van der Waals surface area contributed by atoms with E-state index in [1.54, 1.807) is 0 Å². The quantitative estimate of drug-likeness (QED) is 0.658. The second-order valence-electron chi connectivity index (χ2n) is 2.13. The van der Waals surface area contributed by atoms with Crippen molar-refractivity contribution in [1.29, 1.82) is 0 Å². The molecule has 0 aliphatic carbocycles. The fourth-order valence-electron chi connectivity index (χ4n) is 0.672. The Morgan fingerprint density at radius 1 is 1.42 bits per heavy atom. The normalized spacial score (nSPS) is 9.08.